The Kier molecular flexibility index (Phi) is 3.64. The van der Waals surface area contributed by atoms with Gasteiger partial charge >= 0.3 is 0 Å². The van der Waals surface area contributed by atoms with Gasteiger partial charge in [-0.2, -0.15) is 0 Å². The molecule has 0 aromatic rings. The van der Waals surface area contributed by atoms with E-state index < -0.39 is 0 Å². The highest BCUT2D eigenvalue weighted by Gasteiger charge is 2.53. The molecule has 0 radical (unpaired) electrons. The lowest BCUT2D eigenvalue weighted by Gasteiger charge is -2.32. The molecule has 4 rings (SSSR count). The zero-order valence-electron chi connectivity index (χ0n) is 13.2. The van der Waals surface area contributed by atoms with Gasteiger partial charge < -0.3 is 15.1 Å². The van der Waals surface area contributed by atoms with Crippen molar-refractivity contribution in [2.45, 2.75) is 43.5 Å². The van der Waals surface area contributed by atoms with Crippen molar-refractivity contribution >= 4 is 23.6 Å². The summed E-state index contributed by atoms with van der Waals surface area (Å²) in [6.07, 6.45) is 3.70. The molecule has 2 amide bonds. The third-order valence-electron chi connectivity index (χ3n) is 6.06. The van der Waals surface area contributed by atoms with Crippen LogP contribution in [-0.2, 0) is 9.59 Å². The number of carbonyl (C=O) groups is 2. The second kappa shape index (κ2) is 5.41. The highest BCUT2D eigenvalue weighted by Crippen LogP contribution is 2.47. The molecule has 0 aromatic heterocycles. The number of carbonyl (C=O) groups excluding carboxylic acids is 2. The molecule has 22 heavy (non-hydrogen) atoms. The Balaban J connectivity index is 1.47. The lowest BCUT2D eigenvalue weighted by atomic mass is 9.92. The number of likely N-dealkylation sites (tertiary alicyclic amines) is 1. The molecule has 4 aliphatic rings. The van der Waals surface area contributed by atoms with Gasteiger partial charge in [0.15, 0.2) is 0 Å². The lowest BCUT2D eigenvalue weighted by Crippen LogP contribution is -2.51. The normalized spacial score (nSPS) is 41.5. The minimum Gasteiger partial charge on any atom is -0.341 e. The van der Waals surface area contributed by atoms with Gasteiger partial charge in [-0.1, -0.05) is 0 Å². The SMILES string of the molecule is CC12CCC(=O)N1C(C(=O)N1CC[C@@H]3CNC[C@@H]3CC1)CS2. The van der Waals surface area contributed by atoms with Crippen LogP contribution in [0.2, 0.25) is 0 Å². The zero-order chi connectivity index (χ0) is 15.3. The van der Waals surface area contributed by atoms with Crippen molar-refractivity contribution in [3.05, 3.63) is 0 Å². The molecule has 4 fully saturated rings. The number of rotatable bonds is 1. The van der Waals surface area contributed by atoms with E-state index in [1.54, 1.807) is 11.8 Å². The highest BCUT2D eigenvalue weighted by molar-refractivity contribution is 8.01. The average molecular weight is 323 g/mol. The van der Waals surface area contributed by atoms with E-state index >= 15 is 0 Å². The van der Waals surface area contributed by atoms with Crippen LogP contribution in [0.25, 0.3) is 0 Å². The first-order chi connectivity index (χ1) is 10.6. The number of hydrogen-bond donors (Lipinski definition) is 1. The lowest BCUT2D eigenvalue weighted by molar-refractivity contribution is -0.143. The Morgan fingerprint density at radius 1 is 1.27 bits per heavy atom. The van der Waals surface area contributed by atoms with E-state index in [9.17, 15) is 9.59 Å². The van der Waals surface area contributed by atoms with Gasteiger partial charge in [0.05, 0.1) is 4.87 Å². The number of hydrogen-bond acceptors (Lipinski definition) is 4. The van der Waals surface area contributed by atoms with Crippen molar-refractivity contribution in [2.75, 3.05) is 31.9 Å². The van der Waals surface area contributed by atoms with E-state index in [2.05, 4.69) is 12.2 Å². The summed E-state index contributed by atoms with van der Waals surface area (Å²) in [7, 11) is 0. The summed E-state index contributed by atoms with van der Waals surface area (Å²) in [4.78, 5) is 29.0. The van der Waals surface area contributed by atoms with E-state index in [0.717, 1.165) is 63.0 Å². The minimum atomic E-state index is -0.221. The predicted molar refractivity (Wildman–Crippen MR) is 86.4 cm³/mol. The molecule has 4 atom stereocenters. The van der Waals surface area contributed by atoms with Crippen LogP contribution in [0.4, 0.5) is 0 Å². The number of nitrogens with zero attached hydrogens (tertiary/aromatic N) is 2. The monoisotopic (exact) mass is 323 g/mol. The van der Waals surface area contributed by atoms with Crippen molar-refractivity contribution in [1.82, 2.24) is 15.1 Å². The van der Waals surface area contributed by atoms with Gasteiger partial charge in [0.25, 0.3) is 0 Å². The molecule has 4 saturated heterocycles. The third-order valence-corrected chi connectivity index (χ3v) is 7.57. The van der Waals surface area contributed by atoms with Gasteiger partial charge in [0, 0.05) is 25.3 Å². The minimum absolute atomic E-state index is 0.135. The van der Waals surface area contributed by atoms with Crippen LogP contribution < -0.4 is 5.32 Å². The number of thioether (sulfide) groups is 1. The Morgan fingerprint density at radius 2 is 1.95 bits per heavy atom. The van der Waals surface area contributed by atoms with Gasteiger partial charge in [0.2, 0.25) is 11.8 Å². The molecule has 4 heterocycles. The maximum atomic E-state index is 13.0. The Bertz CT molecular complexity index is 486. The van der Waals surface area contributed by atoms with Gasteiger partial charge in [-0.3, -0.25) is 9.59 Å². The molecule has 4 aliphatic heterocycles. The molecule has 0 saturated carbocycles. The third kappa shape index (κ3) is 2.26. The summed E-state index contributed by atoms with van der Waals surface area (Å²) in [5, 5.41) is 3.47. The number of fused-ring (bicyclic) bond motifs is 2. The van der Waals surface area contributed by atoms with E-state index in [4.69, 9.17) is 0 Å². The molecular weight excluding hydrogens is 298 g/mol. The van der Waals surface area contributed by atoms with E-state index in [0.29, 0.717) is 6.42 Å². The molecule has 1 N–H and O–H groups in total. The summed E-state index contributed by atoms with van der Waals surface area (Å²) >= 11 is 1.79. The maximum Gasteiger partial charge on any atom is 0.246 e. The molecule has 122 valence electrons. The van der Waals surface area contributed by atoms with Crippen molar-refractivity contribution < 1.29 is 9.59 Å². The van der Waals surface area contributed by atoms with Crippen LogP contribution in [-0.4, -0.2) is 64.5 Å². The van der Waals surface area contributed by atoms with E-state index in [1.807, 2.05) is 9.80 Å². The number of amides is 2. The van der Waals surface area contributed by atoms with Crippen LogP contribution in [0.15, 0.2) is 0 Å². The van der Waals surface area contributed by atoms with Crippen molar-refractivity contribution in [1.29, 1.82) is 0 Å². The second-order valence-corrected chi connectivity index (χ2v) is 8.85. The zero-order valence-corrected chi connectivity index (χ0v) is 14.0. The van der Waals surface area contributed by atoms with Gasteiger partial charge in [-0.05, 0) is 51.1 Å². The molecule has 2 unspecified atom stereocenters. The quantitative estimate of drug-likeness (QED) is 0.779. The summed E-state index contributed by atoms with van der Waals surface area (Å²) in [5.41, 5.74) is 0. The van der Waals surface area contributed by atoms with Crippen LogP contribution in [0, 0.1) is 11.8 Å². The fraction of sp³-hybridized carbons (Fsp3) is 0.875. The van der Waals surface area contributed by atoms with Gasteiger partial charge in [-0.25, -0.2) is 0 Å². The first kappa shape index (κ1) is 14.8. The summed E-state index contributed by atoms with van der Waals surface area (Å²) in [6, 6.07) is -0.221. The second-order valence-electron chi connectivity index (χ2n) is 7.35. The predicted octanol–water partition coefficient (Wildman–Crippen LogP) is 0.898. The Morgan fingerprint density at radius 3 is 2.64 bits per heavy atom. The largest absolute Gasteiger partial charge is 0.341 e. The van der Waals surface area contributed by atoms with Crippen molar-refractivity contribution in [2.24, 2.45) is 11.8 Å². The molecule has 6 heteroatoms. The molecule has 0 spiro atoms. The van der Waals surface area contributed by atoms with Crippen molar-refractivity contribution in [3.8, 4) is 0 Å². The Labute approximate surface area is 136 Å². The van der Waals surface area contributed by atoms with Crippen LogP contribution >= 0.6 is 11.8 Å². The fourth-order valence-electron chi connectivity index (χ4n) is 4.65. The van der Waals surface area contributed by atoms with Crippen molar-refractivity contribution in [3.63, 3.8) is 0 Å². The van der Waals surface area contributed by atoms with E-state index in [-0.39, 0.29) is 22.7 Å². The first-order valence-electron chi connectivity index (χ1n) is 8.54. The summed E-state index contributed by atoms with van der Waals surface area (Å²) < 4.78 is 0. The summed E-state index contributed by atoms with van der Waals surface area (Å²) in [6.45, 7) is 6.06. The fourth-order valence-corrected chi connectivity index (χ4v) is 6.08. The number of nitrogens with one attached hydrogen (secondary N) is 1. The van der Waals surface area contributed by atoms with E-state index in [1.165, 1.54) is 0 Å². The smallest absolute Gasteiger partial charge is 0.246 e. The highest BCUT2D eigenvalue weighted by atomic mass is 32.2. The molecule has 0 bridgehead atoms. The standard InChI is InChI=1S/C16H25N3O2S/c1-16-5-2-14(20)19(16)13(10-22-16)15(21)18-6-3-11-8-17-9-12(11)4-7-18/h11-13,17H,2-10H2,1H3/t11-,12+,13?,16?. The topological polar surface area (TPSA) is 52.7 Å². The summed E-state index contributed by atoms with van der Waals surface area (Å²) in [5.74, 6) is 2.59. The van der Waals surface area contributed by atoms with Crippen LogP contribution in [0.5, 0.6) is 0 Å². The average Bonchev–Trinajstić information content (AvgIpc) is 3.12. The van der Waals surface area contributed by atoms with Crippen LogP contribution in [0.1, 0.15) is 32.6 Å². The molecule has 0 aliphatic carbocycles. The molecular formula is C16H25N3O2S. The maximum absolute atomic E-state index is 13.0. The van der Waals surface area contributed by atoms with Gasteiger partial charge in [-0.15, -0.1) is 11.8 Å². The molecule has 5 nitrogen and oxygen atoms in total. The van der Waals surface area contributed by atoms with Crippen LogP contribution in [0.3, 0.4) is 0 Å². The van der Waals surface area contributed by atoms with Gasteiger partial charge in [0.1, 0.15) is 6.04 Å². The Hall–Kier alpha value is -0.750. The molecule has 0 aromatic carbocycles. The first-order valence-corrected chi connectivity index (χ1v) is 9.53.